The van der Waals surface area contributed by atoms with Gasteiger partial charge in [0.2, 0.25) is 0 Å². The van der Waals surface area contributed by atoms with Gasteiger partial charge in [0, 0.05) is 6.92 Å². The summed E-state index contributed by atoms with van der Waals surface area (Å²) >= 11 is 0. The summed E-state index contributed by atoms with van der Waals surface area (Å²) < 4.78 is 4.51. The van der Waals surface area contributed by atoms with E-state index in [2.05, 4.69) is 4.74 Å². The molecule has 0 saturated heterocycles. The van der Waals surface area contributed by atoms with Crippen LogP contribution in [0.15, 0.2) is 0 Å². The second-order valence-corrected chi connectivity index (χ2v) is 2.83. The summed E-state index contributed by atoms with van der Waals surface area (Å²) in [5.74, 6) is -2.78. The molecule has 7 nitrogen and oxygen atoms in total. The number of amides is 1. The fourth-order valence-corrected chi connectivity index (χ4v) is 0.777. The van der Waals surface area contributed by atoms with E-state index in [4.69, 9.17) is 10.2 Å². The third-order valence-electron chi connectivity index (χ3n) is 1.51. The van der Waals surface area contributed by atoms with Crippen molar-refractivity contribution in [2.24, 2.45) is 0 Å². The number of rotatable bonds is 5. The van der Waals surface area contributed by atoms with Crippen molar-refractivity contribution >= 4 is 17.8 Å². The molecule has 0 fully saturated rings. The SMILES string of the molecule is CC(=O)OC(C)C(=O)NC(CO)C(=O)O. The van der Waals surface area contributed by atoms with Gasteiger partial charge in [-0.25, -0.2) is 4.79 Å². The molecule has 0 aliphatic rings. The van der Waals surface area contributed by atoms with Crippen LogP contribution in [0.3, 0.4) is 0 Å². The van der Waals surface area contributed by atoms with Crippen LogP contribution in [0.4, 0.5) is 0 Å². The number of carboxylic acids is 1. The first-order chi connectivity index (χ1) is 6.88. The number of hydrogen-bond donors (Lipinski definition) is 3. The maximum Gasteiger partial charge on any atom is 0.328 e. The summed E-state index contributed by atoms with van der Waals surface area (Å²) in [6.07, 6.45) is -1.09. The monoisotopic (exact) mass is 219 g/mol. The van der Waals surface area contributed by atoms with Crippen molar-refractivity contribution < 1.29 is 29.3 Å². The summed E-state index contributed by atoms with van der Waals surface area (Å²) in [4.78, 5) is 32.1. The van der Waals surface area contributed by atoms with Gasteiger partial charge in [0.1, 0.15) is 6.04 Å². The normalized spacial score (nSPS) is 13.8. The second kappa shape index (κ2) is 5.97. The third-order valence-corrected chi connectivity index (χ3v) is 1.51. The Balaban J connectivity index is 4.21. The quantitative estimate of drug-likeness (QED) is 0.485. The fourth-order valence-electron chi connectivity index (χ4n) is 0.777. The van der Waals surface area contributed by atoms with Crippen molar-refractivity contribution in [3.05, 3.63) is 0 Å². The zero-order valence-electron chi connectivity index (χ0n) is 8.39. The first-order valence-electron chi connectivity index (χ1n) is 4.19. The summed E-state index contributed by atoms with van der Waals surface area (Å²) in [7, 11) is 0. The Hall–Kier alpha value is -1.63. The molecule has 3 N–H and O–H groups in total. The predicted molar refractivity (Wildman–Crippen MR) is 47.9 cm³/mol. The van der Waals surface area contributed by atoms with E-state index in [1.807, 2.05) is 5.32 Å². The van der Waals surface area contributed by atoms with Crippen molar-refractivity contribution in [3.8, 4) is 0 Å². The number of nitrogens with one attached hydrogen (secondary N) is 1. The van der Waals surface area contributed by atoms with Crippen LogP contribution in [0.2, 0.25) is 0 Å². The standard InChI is InChI=1S/C8H13NO6/c1-4(15-5(2)11)7(12)9-6(3-10)8(13)14/h4,6,10H,3H2,1-2H3,(H,9,12)(H,13,14). The van der Waals surface area contributed by atoms with E-state index in [0.717, 1.165) is 6.92 Å². The molecule has 0 aromatic rings. The van der Waals surface area contributed by atoms with Crippen LogP contribution in [0.5, 0.6) is 0 Å². The van der Waals surface area contributed by atoms with Crippen LogP contribution in [0.25, 0.3) is 0 Å². The lowest BCUT2D eigenvalue weighted by Gasteiger charge is -2.15. The number of ether oxygens (including phenoxy) is 1. The molecule has 0 spiro atoms. The maximum atomic E-state index is 11.2. The highest BCUT2D eigenvalue weighted by molar-refractivity contribution is 5.87. The molecule has 15 heavy (non-hydrogen) atoms. The van der Waals surface area contributed by atoms with Crippen LogP contribution >= 0.6 is 0 Å². The predicted octanol–water partition coefficient (Wildman–Crippen LogP) is -1.50. The first kappa shape index (κ1) is 13.4. The van der Waals surface area contributed by atoms with Crippen LogP contribution in [0.1, 0.15) is 13.8 Å². The van der Waals surface area contributed by atoms with Crippen molar-refractivity contribution in [3.63, 3.8) is 0 Å². The summed E-state index contributed by atoms with van der Waals surface area (Å²) in [5.41, 5.74) is 0. The number of carbonyl (C=O) groups is 3. The van der Waals surface area contributed by atoms with Crippen LogP contribution < -0.4 is 5.32 Å². The van der Waals surface area contributed by atoms with Crippen molar-refractivity contribution in [1.82, 2.24) is 5.32 Å². The largest absolute Gasteiger partial charge is 0.480 e. The molecule has 7 heteroatoms. The Labute approximate surface area is 86.0 Å². The van der Waals surface area contributed by atoms with E-state index in [1.54, 1.807) is 0 Å². The number of carbonyl (C=O) groups excluding carboxylic acids is 2. The molecule has 0 bridgehead atoms. The van der Waals surface area contributed by atoms with Crippen molar-refractivity contribution in [2.45, 2.75) is 26.0 Å². The number of aliphatic hydroxyl groups excluding tert-OH is 1. The smallest absolute Gasteiger partial charge is 0.328 e. The van der Waals surface area contributed by atoms with Crippen LogP contribution in [-0.2, 0) is 19.1 Å². The molecule has 0 saturated carbocycles. The highest BCUT2D eigenvalue weighted by atomic mass is 16.5. The third kappa shape index (κ3) is 4.96. The molecule has 0 aromatic carbocycles. The topological polar surface area (TPSA) is 113 Å². The zero-order chi connectivity index (χ0) is 12.0. The van der Waals surface area contributed by atoms with Crippen LogP contribution in [-0.4, -0.2) is 46.8 Å². The highest BCUT2D eigenvalue weighted by Gasteiger charge is 2.23. The average Bonchev–Trinajstić information content (AvgIpc) is 2.11. The van der Waals surface area contributed by atoms with Gasteiger partial charge in [-0.2, -0.15) is 0 Å². The molecule has 2 atom stereocenters. The fraction of sp³-hybridized carbons (Fsp3) is 0.625. The lowest BCUT2D eigenvalue weighted by molar-refractivity contribution is -0.154. The van der Waals surface area contributed by atoms with Gasteiger partial charge in [0.05, 0.1) is 6.61 Å². The number of esters is 1. The Morgan fingerprint density at radius 1 is 1.40 bits per heavy atom. The maximum absolute atomic E-state index is 11.2. The van der Waals surface area contributed by atoms with E-state index in [9.17, 15) is 14.4 Å². The Kier molecular flexibility index (Phi) is 5.32. The Morgan fingerprint density at radius 2 is 1.93 bits per heavy atom. The molecule has 0 aliphatic heterocycles. The van der Waals surface area contributed by atoms with E-state index >= 15 is 0 Å². The minimum absolute atomic E-state index is 0.645. The summed E-state index contributed by atoms with van der Waals surface area (Å²) in [6.45, 7) is 1.70. The molecule has 1 amide bonds. The van der Waals surface area contributed by atoms with Gasteiger partial charge >= 0.3 is 11.9 Å². The molecular weight excluding hydrogens is 206 g/mol. The van der Waals surface area contributed by atoms with Gasteiger partial charge in [-0.1, -0.05) is 0 Å². The minimum atomic E-state index is -1.39. The first-order valence-corrected chi connectivity index (χ1v) is 4.19. The van der Waals surface area contributed by atoms with Gasteiger partial charge in [-0.3, -0.25) is 9.59 Å². The Bertz CT molecular complexity index is 264. The lowest BCUT2D eigenvalue weighted by Crippen LogP contribution is -2.47. The zero-order valence-corrected chi connectivity index (χ0v) is 8.39. The van der Waals surface area contributed by atoms with E-state index in [1.165, 1.54) is 6.92 Å². The molecule has 0 radical (unpaired) electrons. The molecule has 2 unspecified atom stereocenters. The number of aliphatic hydroxyl groups is 1. The van der Waals surface area contributed by atoms with E-state index < -0.39 is 36.6 Å². The highest BCUT2D eigenvalue weighted by Crippen LogP contribution is 1.93. The van der Waals surface area contributed by atoms with E-state index in [-0.39, 0.29) is 0 Å². The molecule has 0 aromatic heterocycles. The molecular formula is C8H13NO6. The second-order valence-electron chi connectivity index (χ2n) is 2.83. The number of aliphatic carboxylic acids is 1. The minimum Gasteiger partial charge on any atom is -0.480 e. The molecule has 0 aliphatic carbocycles. The Morgan fingerprint density at radius 3 is 2.27 bits per heavy atom. The van der Waals surface area contributed by atoms with Crippen molar-refractivity contribution in [1.29, 1.82) is 0 Å². The number of hydrogen-bond acceptors (Lipinski definition) is 5. The molecule has 0 rings (SSSR count). The lowest BCUT2D eigenvalue weighted by atomic mass is 10.3. The summed E-state index contributed by atoms with van der Waals surface area (Å²) in [6, 6.07) is -1.39. The van der Waals surface area contributed by atoms with Gasteiger partial charge in [-0.05, 0) is 6.92 Å². The number of carboxylic acid groups (broad SMARTS) is 1. The molecule has 86 valence electrons. The summed E-state index contributed by atoms with van der Waals surface area (Å²) in [5, 5.41) is 19.1. The van der Waals surface area contributed by atoms with Crippen LogP contribution in [0, 0.1) is 0 Å². The van der Waals surface area contributed by atoms with Gasteiger partial charge < -0.3 is 20.3 Å². The van der Waals surface area contributed by atoms with E-state index in [0.29, 0.717) is 0 Å². The van der Waals surface area contributed by atoms with Crippen molar-refractivity contribution in [2.75, 3.05) is 6.61 Å². The van der Waals surface area contributed by atoms with Gasteiger partial charge in [-0.15, -0.1) is 0 Å². The van der Waals surface area contributed by atoms with Gasteiger partial charge in [0.15, 0.2) is 6.10 Å². The average molecular weight is 219 g/mol. The van der Waals surface area contributed by atoms with Gasteiger partial charge in [0.25, 0.3) is 5.91 Å². The molecule has 0 heterocycles.